The molecule has 1 aliphatic carbocycles. The van der Waals surface area contributed by atoms with Gasteiger partial charge in [-0.2, -0.15) is 0 Å². The molecule has 2 fully saturated rings. The van der Waals surface area contributed by atoms with E-state index in [2.05, 4.69) is 39.8 Å². The smallest absolute Gasteiger partial charge is 0.310 e. The highest BCUT2D eigenvalue weighted by molar-refractivity contribution is 5.80. The minimum Gasteiger partial charge on any atom is -0.487 e. The highest BCUT2D eigenvalue weighted by Gasteiger charge is 2.67. The Hall–Kier alpha value is -1.59. The molecule has 5 atom stereocenters. The molecule has 3 aliphatic rings. The normalized spacial score (nSPS) is 31.3. The summed E-state index contributed by atoms with van der Waals surface area (Å²) in [7, 11) is 0. The van der Waals surface area contributed by atoms with Crippen LogP contribution in [-0.2, 0) is 19.0 Å². The third kappa shape index (κ3) is 2.91. The predicted octanol–water partition coefficient (Wildman–Crippen LogP) is 3.54. The van der Waals surface area contributed by atoms with Crippen LogP contribution in [-0.4, -0.2) is 37.5 Å². The van der Waals surface area contributed by atoms with E-state index in [9.17, 15) is 4.79 Å². The zero-order valence-electron chi connectivity index (χ0n) is 16.2. The van der Waals surface area contributed by atoms with E-state index in [0.29, 0.717) is 13.2 Å². The Morgan fingerprint density at radius 2 is 2.12 bits per heavy atom. The van der Waals surface area contributed by atoms with Gasteiger partial charge in [-0.05, 0) is 45.7 Å². The van der Waals surface area contributed by atoms with Gasteiger partial charge in [0.1, 0.15) is 17.5 Å². The average molecular weight is 360 g/mol. The summed E-state index contributed by atoms with van der Waals surface area (Å²) in [5.41, 5.74) is 2.97. The lowest BCUT2D eigenvalue weighted by Crippen LogP contribution is -2.36. The number of ether oxygens (including phenoxy) is 4. The molecule has 1 saturated heterocycles. The number of hydrogen-bond donors (Lipinski definition) is 0. The molecule has 0 aromatic heterocycles. The van der Waals surface area contributed by atoms with Crippen molar-refractivity contribution in [3.63, 3.8) is 0 Å². The van der Waals surface area contributed by atoms with Crippen molar-refractivity contribution in [2.45, 2.75) is 58.3 Å². The Balaban J connectivity index is 1.69. The lowest BCUT2D eigenvalue weighted by Gasteiger charge is -2.35. The molecule has 1 saturated carbocycles. The summed E-state index contributed by atoms with van der Waals surface area (Å²) in [4.78, 5) is 12.5. The van der Waals surface area contributed by atoms with Crippen LogP contribution in [0, 0.1) is 18.8 Å². The fourth-order valence-electron chi connectivity index (χ4n) is 4.46. The summed E-state index contributed by atoms with van der Waals surface area (Å²) in [5.74, 6) is 0.961. The molecule has 0 bridgehead atoms. The second kappa shape index (κ2) is 6.24. The lowest BCUT2D eigenvalue weighted by molar-refractivity contribution is -0.145. The number of aryl methyl sites for hydroxylation is 1. The van der Waals surface area contributed by atoms with Crippen LogP contribution in [0.1, 0.15) is 56.4 Å². The molecule has 26 heavy (non-hydrogen) atoms. The average Bonchev–Trinajstić information content (AvgIpc) is 3.47. The third-order valence-corrected chi connectivity index (χ3v) is 5.88. The topological polar surface area (TPSA) is 57.3 Å². The molecule has 0 N–H and O–H groups in total. The first-order chi connectivity index (χ1) is 12.3. The fraction of sp³-hybridized carbons (Fsp3) is 0.667. The van der Waals surface area contributed by atoms with Crippen molar-refractivity contribution >= 4 is 5.97 Å². The second-order valence-electron chi connectivity index (χ2n) is 8.18. The van der Waals surface area contributed by atoms with Crippen LogP contribution in [0.25, 0.3) is 0 Å². The number of epoxide rings is 1. The Morgan fingerprint density at radius 1 is 1.38 bits per heavy atom. The van der Waals surface area contributed by atoms with Crippen LogP contribution in [0.2, 0.25) is 0 Å². The molecule has 142 valence electrons. The van der Waals surface area contributed by atoms with Crippen LogP contribution in [0.4, 0.5) is 0 Å². The first kappa shape index (κ1) is 17.8. The monoisotopic (exact) mass is 360 g/mol. The van der Waals surface area contributed by atoms with Gasteiger partial charge in [0.05, 0.1) is 31.8 Å². The SMILES string of the molecule is CCOC(=O)C1C2c3c(C(C)OC[C@H]4CO4)ccc(C)c3OC(C)(C)C12. The van der Waals surface area contributed by atoms with Crippen molar-refractivity contribution in [1.82, 2.24) is 0 Å². The quantitative estimate of drug-likeness (QED) is 0.574. The first-order valence-corrected chi connectivity index (χ1v) is 9.57. The largest absolute Gasteiger partial charge is 0.487 e. The number of fused-ring (bicyclic) bond motifs is 3. The summed E-state index contributed by atoms with van der Waals surface area (Å²) in [6, 6.07) is 4.20. The fourth-order valence-corrected chi connectivity index (χ4v) is 4.46. The maximum Gasteiger partial charge on any atom is 0.310 e. The number of carbonyl (C=O) groups excluding carboxylic acids is 1. The van der Waals surface area contributed by atoms with E-state index >= 15 is 0 Å². The van der Waals surface area contributed by atoms with Gasteiger partial charge in [-0.3, -0.25) is 4.79 Å². The van der Waals surface area contributed by atoms with E-state index in [1.165, 1.54) is 0 Å². The maximum atomic E-state index is 12.5. The first-order valence-electron chi connectivity index (χ1n) is 9.57. The Morgan fingerprint density at radius 3 is 2.77 bits per heavy atom. The van der Waals surface area contributed by atoms with Gasteiger partial charge >= 0.3 is 5.97 Å². The van der Waals surface area contributed by atoms with Crippen molar-refractivity contribution in [3.05, 3.63) is 28.8 Å². The molecule has 2 aliphatic heterocycles. The highest BCUT2D eigenvalue weighted by Crippen LogP contribution is 2.66. The van der Waals surface area contributed by atoms with Crippen LogP contribution >= 0.6 is 0 Å². The summed E-state index contributed by atoms with van der Waals surface area (Å²) in [5, 5.41) is 0. The Bertz CT molecular complexity index is 721. The molecule has 5 heteroatoms. The van der Waals surface area contributed by atoms with Gasteiger partial charge in [0.15, 0.2) is 0 Å². The summed E-state index contributed by atoms with van der Waals surface area (Å²) < 4.78 is 23.0. The van der Waals surface area contributed by atoms with Gasteiger partial charge < -0.3 is 18.9 Å². The van der Waals surface area contributed by atoms with Gasteiger partial charge in [-0.1, -0.05) is 12.1 Å². The van der Waals surface area contributed by atoms with Crippen molar-refractivity contribution in [1.29, 1.82) is 0 Å². The highest BCUT2D eigenvalue weighted by atomic mass is 16.6. The van der Waals surface area contributed by atoms with Crippen LogP contribution in [0.15, 0.2) is 12.1 Å². The summed E-state index contributed by atoms with van der Waals surface area (Å²) in [6.07, 6.45) is 0.164. The lowest BCUT2D eigenvalue weighted by atomic mass is 9.88. The number of rotatable bonds is 6. The Labute approximate surface area is 155 Å². The molecule has 5 nitrogen and oxygen atoms in total. The molecular formula is C21H28O5. The minimum absolute atomic E-state index is 0.0672. The van der Waals surface area contributed by atoms with E-state index in [4.69, 9.17) is 18.9 Å². The Kier molecular flexibility index (Phi) is 4.27. The van der Waals surface area contributed by atoms with Crippen LogP contribution < -0.4 is 4.74 Å². The van der Waals surface area contributed by atoms with Gasteiger partial charge in [0, 0.05) is 17.4 Å². The number of hydrogen-bond acceptors (Lipinski definition) is 5. The van der Waals surface area contributed by atoms with E-state index in [1.54, 1.807) is 0 Å². The standard InChI is InChI=1S/C21H28O5/c1-6-23-20(22)17-16-15-14(12(3)24-9-13-10-25-13)8-7-11(2)19(15)26-21(4,5)18(16)17/h7-8,12-13,16-18H,6,9-10H2,1-5H3/t12?,13-,16?,17?,18?/m0/s1. The van der Waals surface area contributed by atoms with Crippen LogP contribution in [0.3, 0.4) is 0 Å². The molecule has 1 aromatic carbocycles. The molecule has 0 amide bonds. The van der Waals surface area contributed by atoms with E-state index in [0.717, 1.165) is 29.0 Å². The zero-order valence-corrected chi connectivity index (χ0v) is 16.2. The van der Waals surface area contributed by atoms with Gasteiger partial charge in [-0.25, -0.2) is 0 Å². The van der Waals surface area contributed by atoms with Gasteiger partial charge in [0.25, 0.3) is 0 Å². The molecule has 1 aromatic rings. The molecular weight excluding hydrogens is 332 g/mol. The third-order valence-electron chi connectivity index (χ3n) is 5.88. The number of esters is 1. The van der Waals surface area contributed by atoms with E-state index in [1.807, 2.05) is 6.92 Å². The summed E-state index contributed by atoms with van der Waals surface area (Å²) in [6.45, 7) is 11.9. The predicted molar refractivity (Wildman–Crippen MR) is 96.3 cm³/mol. The number of carbonyl (C=O) groups is 1. The molecule has 0 spiro atoms. The second-order valence-corrected chi connectivity index (χ2v) is 8.18. The van der Waals surface area contributed by atoms with Gasteiger partial charge in [0.2, 0.25) is 0 Å². The molecule has 0 radical (unpaired) electrons. The molecule has 4 rings (SSSR count). The minimum atomic E-state index is -0.384. The zero-order chi connectivity index (χ0) is 18.6. The van der Waals surface area contributed by atoms with Crippen LogP contribution in [0.5, 0.6) is 5.75 Å². The van der Waals surface area contributed by atoms with E-state index in [-0.39, 0.29) is 41.5 Å². The number of benzene rings is 1. The van der Waals surface area contributed by atoms with Crippen molar-refractivity contribution < 1.29 is 23.7 Å². The molecule has 2 heterocycles. The van der Waals surface area contributed by atoms with Crippen molar-refractivity contribution in [2.24, 2.45) is 11.8 Å². The van der Waals surface area contributed by atoms with Crippen molar-refractivity contribution in [2.75, 3.05) is 19.8 Å². The van der Waals surface area contributed by atoms with Crippen molar-refractivity contribution in [3.8, 4) is 5.75 Å². The molecule has 4 unspecified atom stereocenters. The van der Waals surface area contributed by atoms with Gasteiger partial charge in [-0.15, -0.1) is 0 Å². The van der Waals surface area contributed by atoms with E-state index < -0.39 is 0 Å². The summed E-state index contributed by atoms with van der Waals surface area (Å²) >= 11 is 0. The maximum absolute atomic E-state index is 12.5.